The summed E-state index contributed by atoms with van der Waals surface area (Å²) < 4.78 is 10.5. The van der Waals surface area contributed by atoms with Gasteiger partial charge in [0.1, 0.15) is 17.7 Å². The summed E-state index contributed by atoms with van der Waals surface area (Å²) >= 11 is 0. The van der Waals surface area contributed by atoms with Gasteiger partial charge in [-0.05, 0) is 52.1 Å². The Labute approximate surface area is 183 Å². The van der Waals surface area contributed by atoms with E-state index in [2.05, 4.69) is 25.6 Å². The molecule has 1 amide bonds. The second-order valence-corrected chi connectivity index (χ2v) is 8.65. The zero-order chi connectivity index (χ0) is 22.3. The molecule has 168 valence electrons. The largest absolute Gasteiger partial charge is 0.481 e. The van der Waals surface area contributed by atoms with Crippen LogP contribution in [0.1, 0.15) is 39.3 Å². The van der Waals surface area contributed by atoms with Crippen LogP contribution in [0.3, 0.4) is 0 Å². The molecule has 2 aromatic rings. The Morgan fingerprint density at radius 1 is 1.19 bits per heavy atom. The summed E-state index contributed by atoms with van der Waals surface area (Å²) in [7, 11) is 1.59. The third kappa shape index (κ3) is 7.36. The number of nitrogens with zero attached hydrogens (tertiary/aromatic N) is 4. The standard InChI is InChI=1S/C22H32N6O3/c1-22(2,3)31-21(29)28-9-7-16(8-10-28)12-23-13-18-11-19(26-15-25-18)27-17-5-6-20(30-4)24-14-17/h5-6,11,14-16,23H,7-10,12-13H2,1-4H3,(H,25,26,27). The van der Waals surface area contributed by atoms with Crippen LogP contribution < -0.4 is 15.4 Å². The molecule has 2 N–H and O–H groups in total. The third-order valence-corrected chi connectivity index (χ3v) is 4.95. The highest BCUT2D eigenvalue weighted by molar-refractivity contribution is 5.68. The zero-order valence-corrected chi connectivity index (χ0v) is 18.7. The van der Waals surface area contributed by atoms with Crippen molar-refractivity contribution in [3.05, 3.63) is 36.4 Å². The van der Waals surface area contributed by atoms with Gasteiger partial charge < -0.3 is 25.0 Å². The Balaban J connectivity index is 1.41. The molecule has 1 aliphatic rings. The van der Waals surface area contributed by atoms with Crippen molar-refractivity contribution in [3.63, 3.8) is 0 Å². The maximum Gasteiger partial charge on any atom is 0.410 e. The zero-order valence-electron chi connectivity index (χ0n) is 18.7. The van der Waals surface area contributed by atoms with Crippen LogP contribution in [0.25, 0.3) is 0 Å². The number of rotatable bonds is 7. The lowest BCUT2D eigenvalue weighted by molar-refractivity contribution is 0.0184. The summed E-state index contributed by atoms with van der Waals surface area (Å²) in [4.78, 5) is 26.8. The van der Waals surface area contributed by atoms with Crippen LogP contribution in [0.15, 0.2) is 30.7 Å². The van der Waals surface area contributed by atoms with E-state index in [1.807, 2.05) is 32.9 Å². The van der Waals surface area contributed by atoms with Gasteiger partial charge in [0.25, 0.3) is 0 Å². The fourth-order valence-corrected chi connectivity index (χ4v) is 3.34. The van der Waals surface area contributed by atoms with Crippen LogP contribution in [0.4, 0.5) is 16.3 Å². The number of hydrogen-bond acceptors (Lipinski definition) is 8. The number of ether oxygens (including phenoxy) is 2. The molecule has 9 heteroatoms. The summed E-state index contributed by atoms with van der Waals surface area (Å²) in [5.74, 6) is 1.81. The Kier molecular flexibility index (Phi) is 7.62. The van der Waals surface area contributed by atoms with E-state index in [4.69, 9.17) is 9.47 Å². The molecule has 0 unspecified atom stereocenters. The molecule has 3 heterocycles. The van der Waals surface area contributed by atoms with Crippen LogP contribution in [-0.4, -0.2) is 58.3 Å². The molecule has 3 rings (SSSR count). The SMILES string of the molecule is COc1ccc(Nc2cc(CNCC3CCN(C(=O)OC(C)(C)C)CC3)ncn2)cn1. The summed E-state index contributed by atoms with van der Waals surface area (Å²) in [5.41, 5.74) is 1.28. The molecule has 31 heavy (non-hydrogen) atoms. The Morgan fingerprint density at radius 3 is 2.61 bits per heavy atom. The average Bonchev–Trinajstić information content (AvgIpc) is 2.74. The molecule has 0 saturated carbocycles. The number of hydrogen-bond donors (Lipinski definition) is 2. The normalized spacial score (nSPS) is 14.9. The molecule has 0 bridgehead atoms. The molecule has 2 aromatic heterocycles. The van der Waals surface area contributed by atoms with E-state index >= 15 is 0 Å². The predicted molar refractivity (Wildman–Crippen MR) is 118 cm³/mol. The highest BCUT2D eigenvalue weighted by Crippen LogP contribution is 2.20. The number of methoxy groups -OCH3 is 1. The molecule has 1 aliphatic heterocycles. The van der Waals surface area contributed by atoms with Crippen LogP contribution in [0, 0.1) is 5.92 Å². The van der Waals surface area contributed by atoms with Crippen molar-refractivity contribution in [2.45, 2.75) is 45.8 Å². The van der Waals surface area contributed by atoms with E-state index in [0.29, 0.717) is 24.2 Å². The van der Waals surface area contributed by atoms with E-state index in [-0.39, 0.29) is 6.09 Å². The van der Waals surface area contributed by atoms with Gasteiger partial charge in [0.05, 0.1) is 24.7 Å². The summed E-state index contributed by atoms with van der Waals surface area (Å²) in [6, 6.07) is 5.60. The smallest absolute Gasteiger partial charge is 0.410 e. The molecule has 0 atom stereocenters. The summed E-state index contributed by atoms with van der Waals surface area (Å²) in [6.45, 7) is 8.69. The van der Waals surface area contributed by atoms with Crippen LogP contribution in [0.2, 0.25) is 0 Å². The number of likely N-dealkylation sites (tertiary alicyclic amines) is 1. The average molecular weight is 429 g/mol. The van der Waals surface area contributed by atoms with Gasteiger partial charge in [0.15, 0.2) is 0 Å². The van der Waals surface area contributed by atoms with Gasteiger partial charge in [-0.3, -0.25) is 0 Å². The molecule has 0 aliphatic carbocycles. The molecule has 0 radical (unpaired) electrons. The molecule has 1 saturated heterocycles. The first-order valence-electron chi connectivity index (χ1n) is 10.6. The van der Waals surface area contributed by atoms with E-state index in [1.165, 1.54) is 0 Å². The van der Waals surface area contributed by atoms with Crippen LogP contribution in [-0.2, 0) is 11.3 Å². The van der Waals surface area contributed by atoms with E-state index in [0.717, 1.165) is 43.9 Å². The van der Waals surface area contributed by atoms with Gasteiger partial charge >= 0.3 is 6.09 Å². The van der Waals surface area contributed by atoms with E-state index in [9.17, 15) is 4.79 Å². The first-order valence-corrected chi connectivity index (χ1v) is 10.6. The molecular weight excluding hydrogens is 396 g/mol. The third-order valence-electron chi connectivity index (χ3n) is 4.95. The fourth-order valence-electron chi connectivity index (χ4n) is 3.34. The number of piperidine rings is 1. The Hall–Kier alpha value is -2.94. The maximum absolute atomic E-state index is 12.2. The van der Waals surface area contributed by atoms with Gasteiger partial charge in [-0.1, -0.05) is 0 Å². The topological polar surface area (TPSA) is 102 Å². The first-order chi connectivity index (χ1) is 14.8. The highest BCUT2D eigenvalue weighted by Gasteiger charge is 2.26. The minimum Gasteiger partial charge on any atom is -0.481 e. The van der Waals surface area contributed by atoms with Crippen molar-refractivity contribution >= 4 is 17.6 Å². The van der Waals surface area contributed by atoms with Crippen molar-refractivity contribution in [1.29, 1.82) is 0 Å². The van der Waals surface area contributed by atoms with Crippen LogP contribution in [0.5, 0.6) is 5.88 Å². The lowest BCUT2D eigenvalue weighted by Crippen LogP contribution is -2.43. The highest BCUT2D eigenvalue weighted by atomic mass is 16.6. The van der Waals surface area contributed by atoms with Gasteiger partial charge in [0, 0.05) is 31.8 Å². The minimum atomic E-state index is -0.454. The van der Waals surface area contributed by atoms with E-state index < -0.39 is 5.60 Å². The van der Waals surface area contributed by atoms with Crippen LogP contribution >= 0.6 is 0 Å². The number of carbonyl (C=O) groups is 1. The quantitative estimate of drug-likeness (QED) is 0.692. The number of nitrogens with one attached hydrogen (secondary N) is 2. The van der Waals surface area contributed by atoms with Crippen molar-refractivity contribution in [2.75, 3.05) is 32.1 Å². The lowest BCUT2D eigenvalue weighted by atomic mass is 9.97. The monoisotopic (exact) mass is 428 g/mol. The number of amides is 1. The Morgan fingerprint density at radius 2 is 1.97 bits per heavy atom. The van der Waals surface area contributed by atoms with Gasteiger partial charge in [-0.15, -0.1) is 0 Å². The maximum atomic E-state index is 12.2. The number of carbonyl (C=O) groups excluding carboxylic acids is 1. The Bertz CT molecular complexity index is 845. The molecule has 9 nitrogen and oxygen atoms in total. The number of anilines is 2. The second kappa shape index (κ2) is 10.4. The molecule has 0 spiro atoms. The van der Waals surface area contributed by atoms with E-state index in [1.54, 1.807) is 30.6 Å². The lowest BCUT2D eigenvalue weighted by Gasteiger charge is -2.33. The number of aromatic nitrogens is 3. The summed E-state index contributed by atoms with van der Waals surface area (Å²) in [5, 5.41) is 6.70. The minimum absolute atomic E-state index is 0.216. The van der Waals surface area contributed by atoms with Gasteiger partial charge in [-0.25, -0.2) is 19.7 Å². The van der Waals surface area contributed by atoms with Gasteiger partial charge in [-0.2, -0.15) is 0 Å². The van der Waals surface area contributed by atoms with Crippen molar-refractivity contribution in [3.8, 4) is 5.88 Å². The molecule has 1 fully saturated rings. The molecule has 0 aromatic carbocycles. The second-order valence-electron chi connectivity index (χ2n) is 8.65. The predicted octanol–water partition coefficient (Wildman–Crippen LogP) is 3.36. The molecular formula is C22H32N6O3. The van der Waals surface area contributed by atoms with Crippen molar-refractivity contribution < 1.29 is 14.3 Å². The van der Waals surface area contributed by atoms with Gasteiger partial charge in [0.2, 0.25) is 5.88 Å². The summed E-state index contributed by atoms with van der Waals surface area (Å²) in [6.07, 6.45) is 4.96. The van der Waals surface area contributed by atoms with Crippen molar-refractivity contribution in [1.82, 2.24) is 25.2 Å². The van der Waals surface area contributed by atoms with Crippen molar-refractivity contribution in [2.24, 2.45) is 5.92 Å². The fraction of sp³-hybridized carbons (Fsp3) is 0.545. The number of pyridine rings is 1. The first kappa shape index (κ1) is 22.7.